The number of nitrogens with zero attached hydrogens (tertiary/aromatic N) is 1. The van der Waals surface area contributed by atoms with E-state index in [0.717, 1.165) is 16.1 Å². The van der Waals surface area contributed by atoms with Gasteiger partial charge in [-0.1, -0.05) is 54.1 Å². The van der Waals surface area contributed by atoms with Crippen LogP contribution in [-0.4, -0.2) is 28.4 Å². The van der Waals surface area contributed by atoms with Crippen LogP contribution in [-0.2, 0) is 22.4 Å². The van der Waals surface area contributed by atoms with Crippen LogP contribution in [0.5, 0.6) is 0 Å². The van der Waals surface area contributed by atoms with Crippen molar-refractivity contribution in [2.75, 3.05) is 0 Å². The topological polar surface area (TPSA) is 78.5 Å². The number of benzene rings is 2. The number of nitrogens with one attached hydrogen (secondary N) is 2. The molecule has 1 aliphatic heterocycles. The maximum Gasteiger partial charge on any atom is 0.344 e. The fraction of sp³-hybridized carbons (Fsp3) is 0.286. The summed E-state index contributed by atoms with van der Waals surface area (Å²) in [6.45, 7) is 1.67. The maximum atomic E-state index is 12.7. The first kappa shape index (κ1) is 19.9. The van der Waals surface area contributed by atoms with Gasteiger partial charge in [0.1, 0.15) is 5.54 Å². The van der Waals surface area contributed by atoms with E-state index in [1.165, 1.54) is 0 Å². The van der Waals surface area contributed by atoms with Gasteiger partial charge in [0.25, 0.3) is 5.91 Å². The summed E-state index contributed by atoms with van der Waals surface area (Å²) in [5.41, 5.74) is 3.36. The van der Waals surface area contributed by atoms with Crippen LogP contribution in [0.1, 0.15) is 30.9 Å². The Labute approximate surface area is 168 Å². The summed E-state index contributed by atoms with van der Waals surface area (Å²) in [6.07, 6.45) is 1.68. The molecule has 0 spiro atoms. The van der Waals surface area contributed by atoms with E-state index < -0.39 is 23.4 Å². The molecule has 7 heteroatoms. The third-order valence-electron chi connectivity index (χ3n) is 4.78. The molecule has 1 fully saturated rings. The number of aryl methyl sites for hydroxylation is 2. The molecule has 1 atom stereocenters. The van der Waals surface area contributed by atoms with Gasteiger partial charge in [0.15, 0.2) is 0 Å². The van der Waals surface area contributed by atoms with Crippen molar-refractivity contribution in [3.05, 3.63) is 70.7 Å². The van der Waals surface area contributed by atoms with E-state index in [1.54, 1.807) is 19.1 Å². The monoisotopic (exact) mass is 399 g/mol. The van der Waals surface area contributed by atoms with Crippen LogP contribution in [0, 0.1) is 0 Å². The second-order valence-electron chi connectivity index (χ2n) is 7.05. The quantitative estimate of drug-likeness (QED) is 0.701. The Balaban J connectivity index is 1.56. The molecule has 1 heterocycles. The van der Waals surface area contributed by atoms with Gasteiger partial charge in [-0.2, -0.15) is 5.01 Å². The first-order valence-electron chi connectivity index (χ1n) is 9.12. The number of urea groups is 1. The second-order valence-corrected chi connectivity index (χ2v) is 7.49. The molecule has 1 aliphatic rings. The highest BCUT2D eigenvalue weighted by Gasteiger charge is 2.48. The molecule has 6 nitrogen and oxygen atoms in total. The number of rotatable bonds is 7. The molecule has 0 aromatic heterocycles. The van der Waals surface area contributed by atoms with Crippen LogP contribution in [0.2, 0.25) is 5.02 Å². The Bertz CT molecular complexity index is 887. The molecule has 4 amide bonds. The minimum atomic E-state index is -1.05. The molecule has 3 rings (SSSR count). The summed E-state index contributed by atoms with van der Waals surface area (Å²) in [5.74, 6) is -0.861. The van der Waals surface area contributed by atoms with Gasteiger partial charge in [-0.25, -0.2) is 4.79 Å². The average molecular weight is 400 g/mol. The molecule has 28 heavy (non-hydrogen) atoms. The summed E-state index contributed by atoms with van der Waals surface area (Å²) in [5, 5.41) is 4.07. The molecule has 1 unspecified atom stereocenters. The van der Waals surface area contributed by atoms with Gasteiger partial charge in [-0.3, -0.25) is 15.0 Å². The Morgan fingerprint density at radius 3 is 2.50 bits per heavy atom. The number of carbonyl (C=O) groups is 3. The zero-order valence-electron chi connectivity index (χ0n) is 15.6. The fourth-order valence-corrected chi connectivity index (χ4v) is 3.34. The van der Waals surface area contributed by atoms with Crippen LogP contribution in [0.4, 0.5) is 4.79 Å². The number of halogens is 1. The van der Waals surface area contributed by atoms with Crippen molar-refractivity contribution in [1.82, 2.24) is 15.8 Å². The molecule has 2 N–H and O–H groups in total. The maximum absolute atomic E-state index is 12.7. The summed E-state index contributed by atoms with van der Waals surface area (Å²) < 4.78 is 0. The van der Waals surface area contributed by atoms with Gasteiger partial charge in [-0.15, -0.1) is 0 Å². The Morgan fingerprint density at radius 1 is 1.07 bits per heavy atom. The number of hydrogen-bond donors (Lipinski definition) is 2. The number of carbonyl (C=O) groups excluding carboxylic acids is 3. The smallest absolute Gasteiger partial charge is 0.322 e. The second kappa shape index (κ2) is 8.44. The lowest BCUT2D eigenvalue weighted by Crippen LogP contribution is -2.49. The Hall–Kier alpha value is -2.86. The van der Waals surface area contributed by atoms with Crippen molar-refractivity contribution in [2.24, 2.45) is 0 Å². The van der Waals surface area contributed by atoms with Gasteiger partial charge in [0.2, 0.25) is 5.91 Å². The first-order valence-corrected chi connectivity index (χ1v) is 9.50. The standard InChI is InChI=1S/C21H22ClN3O3/c1-21(13-12-15-6-3-2-4-7-15)19(27)25(20(28)23-21)24-18(26)11-10-16-8-5-9-17(22)14-16/h2-9,14H,10-13H2,1H3,(H,23,28)(H,24,26). The molecule has 146 valence electrons. The minimum absolute atomic E-state index is 0.137. The Morgan fingerprint density at radius 2 is 1.79 bits per heavy atom. The normalized spacial score (nSPS) is 18.9. The highest BCUT2D eigenvalue weighted by molar-refractivity contribution is 6.30. The van der Waals surface area contributed by atoms with E-state index in [4.69, 9.17) is 11.6 Å². The van der Waals surface area contributed by atoms with E-state index >= 15 is 0 Å². The van der Waals surface area contributed by atoms with Gasteiger partial charge in [0.05, 0.1) is 0 Å². The van der Waals surface area contributed by atoms with Crippen molar-refractivity contribution in [3.63, 3.8) is 0 Å². The van der Waals surface area contributed by atoms with Crippen LogP contribution in [0.3, 0.4) is 0 Å². The predicted molar refractivity (Wildman–Crippen MR) is 106 cm³/mol. The molecule has 0 aliphatic carbocycles. The zero-order chi connectivity index (χ0) is 20.1. The fourth-order valence-electron chi connectivity index (χ4n) is 3.13. The number of imide groups is 1. The predicted octanol–water partition coefficient (Wildman–Crippen LogP) is 3.25. The number of hydrogen-bond acceptors (Lipinski definition) is 3. The van der Waals surface area contributed by atoms with Gasteiger partial charge in [0, 0.05) is 11.4 Å². The minimum Gasteiger partial charge on any atom is -0.322 e. The van der Waals surface area contributed by atoms with Crippen molar-refractivity contribution in [2.45, 2.75) is 38.1 Å². The molecule has 2 aromatic carbocycles. The number of hydrazine groups is 1. The SMILES string of the molecule is CC1(CCc2ccccc2)NC(=O)N(NC(=O)CCc2cccc(Cl)c2)C1=O. The summed E-state index contributed by atoms with van der Waals surface area (Å²) in [4.78, 5) is 37.2. The van der Waals surface area contributed by atoms with Crippen molar-refractivity contribution < 1.29 is 14.4 Å². The molecular formula is C21H22ClN3O3. The van der Waals surface area contributed by atoms with E-state index in [9.17, 15) is 14.4 Å². The van der Waals surface area contributed by atoms with Crippen LogP contribution in [0.15, 0.2) is 54.6 Å². The highest BCUT2D eigenvalue weighted by atomic mass is 35.5. The highest BCUT2D eigenvalue weighted by Crippen LogP contribution is 2.22. The van der Waals surface area contributed by atoms with Crippen molar-refractivity contribution >= 4 is 29.4 Å². The van der Waals surface area contributed by atoms with Crippen LogP contribution >= 0.6 is 11.6 Å². The molecular weight excluding hydrogens is 378 g/mol. The van der Waals surface area contributed by atoms with Crippen LogP contribution in [0.25, 0.3) is 0 Å². The molecule has 1 saturated heterocycles. The van der Waals surface area contributed by atoms with E-state index in [-0.39, 0.29) is 6.42 Å². The van der Waals surface area contributed by atoms with Gasteiger partial charge in [-0.05, 0) is 49.4 Å². The van der Waals surface area contributed by atoms with Gasteiger partial charge >= 0.3 is 6.03 Å². The van der Waals surface area contributed by atoms with Crippen molar-refractivity contribution in [3.8, 4) is 0 Å². The average Bonchev–Trinajstić information content (AvgIpc) is 2.89. The lowest BCUT2D eigenvalue weighted by molar-refractivity contribution is -0.138. The van der Waals surface area contributed by atoms with E-state index in [2.05, 4.69) is 10.7 Å². The number of amides is 4. The molecule has 0 radical (unpaired) electrons. The largest absolute Gasteiger partial charge is 0.344 e. The van der Waals surface area contributed by atoms with E-state index in [0.29, 0.717) is 24.3 Å². The molecule has 0 bridgehead atoms. The van der Waals surface area contributed by atoms with E-state index in [1.807, 2.05) is 42.5 Å². The van der Waals surface area contributed by atoms with Crippen molar-refractivity contribution in [1.29, 1.82) is 0 Å². The third kappa shape index (κ3) is 4.70. The Kier molecular flexibility index (Phi) is 5.99. The zero-order valence-corrected chi connectivity index (χ0v) is 16.3. The molecule has 2 aromatic rings. The lowest BCUT2D eigenvalue weighted by Gasteiger charge is -2.21. The summed E-state index contributed by atoms with van der Waals surface area (Å²) in [7, 11) is 0. The third-order valence-corrected chi connectivity index (χ3v) is 5.02. The summed E-state index contributed by atoms with van der Waals surface area (Å²) >= 11 is 5.93. The summed E-state index contributed by atoms with van der Waals surface area (Å²) in [6, 6.07) is 16.3. The van der Waals surface area contributed by atoms with Crippen LogP contribution < -0.4 is 10.7 Å². The first-order chi connectivity index (χ1) is 13.4. The lowest BCUT2D eigenvalue weighted by atomic mass is 9.93. The van der Waals surface area contributed by atoms with Gasteiger partial charge < -0.3 is 5.32 Å². The molecule has 0 saturated carbocycles.